The minimum atomic E-state index is -0.569. The van der Waals surface area contributed by atoms with Crippen LogP contribution in [0.4, 0.5) is 0 Å². The standard InChI is InChI=1S/C30H49N3O10/c1-9-39-26(34)21-32(19-24(7)29(37)42-12-4)16-14-31(18-23(6)28(36)41-11-3)15-17-33(22-27(35)40-10-2)20-25(8)30(38)43-13-5/h6-22H2,1-5H3. The van der Waals surface area contributed by atoms with Crippen LogP contribution in [0.15, 0.2) is 36.5 Å². The van der Waals surface area contributed by atoms with E-state index in [0.717, 1.165) is 0 Å². The maximum atomic E-state index is 12.3. The van der Waals surface area contributed by atoms with E-state index >= 15 is 0 Å². The average Bonchev–Trinajstić information content (AvgIpc) is 2.94. The van der Waals surface area contributed by atoms with Gasteiger partial charge in [0.05, 0.1) is 46.1 Å². The Labute approximate surface area is 255 Å². The molecule has 0 aliphatic carbocycles. The highest BCUT2D eigenvalue weighted by molar-refractivity contribution is 5.89. The Morgan fingerprint density at radius 2 is 0.674 bits per heavy atom. The molecule has 0 bridgehead atoms. The molecule has 0 amide bonds. The first kappa shape index (κ1) is 39.5. The van der Waals surface area contributed by atoms with Gasteiger partial charge in [-0.05, 0) is 34.6 Å². The van der Waals surface area contributed by atoms with Crippen molar-refractivity contribution in [3.05, 3.63) is 36.5 Å². The van der Waals surface area contributed by atoms with Crippen LogP contribution in [0.25, 0.3) is 0 Å². The molecule has 0 rings (SSSR count). The molecule has 0 spiro atoms. The van der Waals surface area contributed by atoms with E-state index in [-0.39, 0.29) is 95.6 Å². The number of esters is 5. The molecule has 13 heteroatoms. The summed E-state index contributed by atoms with van der Waals surface area (Å²) in [4.78, 5) is 66.5. The van der Waals surface area contributed by atoms with E-state index in [9.17, 15) is 24.0 Å². The van der Waals surface area contributed by atoms with Crippen molar-refractivity contribution < 1.29 is 47.7 Å². The van der Waals surface area contributed by atoms with E-state index < -0.39 is 29.8 Å². The van der Waals surface area contributed by atoms with Crippen LogP contribution in [0, 0.1) is 0 Å². The Bertz CT molecular complexity index is 906. The van der Waals surface area contributed by atoms with Gasteiger partial charge in [0.2, 0.25) is 0 Å². The first-order valence-electron chi connectivity index (χ1n) is 14.4. The van der Waals surface area contributed by atoms with E-state index in [1.54, 1.807) is 44.4 Å². The van der Waals surface area contributed by atoms with Gasteiger partial charge in [0.15, 0.2) is 0 Å². The Balaban J connectivity index is 5.87. The number of hydrogen-bond acceptors (Lipinski definition) is 13. The van der Waals surface area contributed by atoms with E-state index in [1.807, 2.05) is 4.90 Å². The molecule has 0 saturated carbocycles. The second-order valence-corrected chi connectivity index (χ2v) is 9.28. The zero-order valence-corrected chi connectivity index (χ0v) is 26.4. The van der Waals surface area contributed by atoms with Crippen LogP contribution in [0.3, 0.4) is 0 Å². The van der Waals surface area contributed by atoms with Crippen LogP contribution in [0.5, 0.6) is 0 Å². The smallest absolute Gasteiger partial charge is 0.334 e. The Morgan fingerprint density at radius 1 is 0.419 bits per heavy atom. The third-order valence-electron chi connectivity index (χ3n) is 5.72. The summed E-state index contributed by atoms with van der Waals surface area (Å²) in [7, 11) is 0. The lowest BCUT2D eigenvalue weighted by molar-refractivity contribution is -0.145. The fourth-order valence-corrected chi connectivity index (χ4v) is 3.74. The molecule has 43 heavy (non-hydrogen) atoms. The number of nitrogens with zero attached hydrogens (tertiary/aromatic N) is 3. The highest BCUT2D eigenvalue weighted by Gasteiger charge is 2.22. The van der Waals surface area contributed by atoms with Crippen LogP contribution >= 0.6 is 0 Å². The minimum absolute atomic E-state index is 0.0542. The van der Waals surface area contributed by atoms with Crippen LogP contribution in [-0.4, -0.2) is 136 Å². The third kappa shape index (κ3) is 17.9. The Morgan fingerprint density at radius 3 is 0.953 bits per heavy atom. The van der Waals surface area contributed by atoms with Gasteiger partial charge in [0, 0.05) is 62.5 Å². The van der Waals surface area contributed by atoms with Gasteiger partial charge in [-0.3, -0.25) is 24.3 Å². The summed E-state index contributed by atoms with van der Waals surface area (Å²) in [6.45, 7) is 22.1. The number of carbonyl (C=O) groups is 5. The van der Waals surface area contributed by atoms with Gasteiger partial charge in [-0.25, -0.2) is 14.4 Å². The van der Waals surface area contributed by atoms with Gasteiger partial charge in [-0.1, -0.05) is 19.7 Å². The van der Waals surface area contributed by atoms with Crippen molar-refractivity contribution >= 4 is 29.8 Å². The average molecular weight is 612 g/mol. The van der Waals surface area contributed by atoms with E-state index in [2.05, 4.69) is 19.7 Å². The van der Waals surface area contributed by atoms with Gasteiger partial charge < -0.3 is 23.7 Å². The molecule has 0 aliphatic rings. The summed E-state index contributed by atoms with van der Waals surface area (Å²) in [6, 6.07) is 0. The fourth-order valence-electron chi connectivity index (χ4n) is 3.74. The molecule has 0 aromatic carbocycles. The molecule has 0 heterocycles. The summed E-state index contributed by atoms with van der Waals surface area (Å²) in [6.07, 6.45) is 0. The van der Waals surface area contributed by atoms with Gasteiger partial charge in [-0.15, -0.1) is 0 Å². The second-order valence-electron chi connectivity index (χ2n) is 9.28. The van der Waals surface area contributed by atoms with Crippen molar-refractivity contribution in [3.63, 3.8) is 0 Å². The summed E-state index contributed by atoms with van der Waals surface area (Å²) in [5, 5.41) is 0. The zero-order valence-electron chi connectivity index (χ0n) is 26.4. The lowest BCUT2D eigenvalue weighted by Crippen LogP contribution is -2.44. The Kier molecular flexibility index (Phi) is 21.1. The number of carbonyl (C=O) groups excluding carboxylic acids is 5. The highest BCUT2D eigenvalue weighted by atomic mass is 16.5. The molecule has 0 aromatic heterocycles. The van der Waals surface area contributed by atoms with Crippen molar-refractivity contribution in [2.24, 2.45) is 0 Å². The van der Waals surface area contributed by atoms with Crippen LogP contribution < -0.4 is 0 Å². The molecule has 0 saturated heterocycles. The topological polar surface area (TPSA) is 141 Å². The number of ether oxygens (including phenoxy) is 5. The van der Waals surface area contributed by atoms with Crippen LogP contribution in [-0.2, 0) is 47.7 Å². The van der Waals surface area contributed by atoms with Gasteiger partial charge in [-0.2, -0.15) is 0 Å². The van der Waals surface area contributed by atoms with Crippen molar-refractivity contribution in [3.8, 4) is 0 Å². The molecule has 13 nitrogen and oxygen atoms in total. The molecular formula is C30H49N3O10. The first-order chi connectivity index (χ1) is 20.4. The SMILES string of the molecule is C=C(CN(CCN(CC(=C)C(=O)OCC)CC(=O)OCC)CCN(CC(=C)C(=O)OCC)CC(=O)OCC)C(=O)OCC. The molecule has 0 aromatic rings. The number of rotatable bonds is 24. The maximum absolute atomic E-state index is 12.3. The van der Waals surface area contributed by atoms with Gasteiger partial charge in [0.1, 0.15) is 0 Å². The summed E-state index contributed by atoms with van der Waals surface area (Å²) in [5.74, 6) is -2.63. The zero-order chi connectivity index (χ0) is 32.8. The second kappa shape index (κ2) is 23.0. The molecule has 0 fully saturated rings. The highest BCUT2D eigenvalue weighted by Crippen LogP contribution is 2.07. The summed E-state index contributed by atoms with van der Waals surface area (Å²) >= 11 is 0. The van der Waals surface area contributed by atoms with Crippen molar-refractivity contribution in [1.29, 1.82) is 0 Å². The molecule has 0 aliphatic heterocycles. The summed E-state index contributed by atoms with van der Waals surface area (Å²) < 4.78 is 25.3. The summed E-state index contributed by atoms with van der Waals surface area (Å²) in [5.41, 5.74) is 0.557. The lowest BCUT2D eigenvalue weighted by Gasteiger charge is -2.30. The largest absolute Gasteiger partial charge is 0.465 e. The monoisotopic (exact) mass is 611 g/mol. The quantitative estimate of drug-likeness (QED) is 0.0882. The predicted molar refractivity (Wildman–Crippen MR) is 160 cm³/mol. The fraction of sp³-hybridized carbons (Fsp3) is 0.633. The third-order valence-corrected chi connectivity index (χ3v) is 5.72. The van der Waals surface area contributed by atoms with E-state index in [0.29, 0.717) is 13.1 Å². The molecule has 244 valence electrons. The maximum Gasteiger partial charge on any atom is 0.334 e. The number of hydrogen-bond donors (Lipinski definition) is 0. The van der Waals surface area contributed by atoms with Crippen LogP contribution in [0.2, 0.25) is 0 Å². The minimum Gasteiger partial charge on any atom is -0.465 e. The Hall–Kier alpha value is -3.55. The molecule has 0 atom stereocenters. The molecular weight excluding hydrogens is 562 g/mol. The lowest BCUT2D eigenvalue weighted by atomic mass is 10.2. The van der Waals surface area contributed by atoms with Gasteiger partial charge >= 0.3 is 29.8 Å². The normalized spacial score (nSPS) is 10.8. The molecule has 0 unspecified atom stereocenters. The van der Waals surface area contributed by atoms with E-state index in [1.165, 1.54) is 0 Å². The van der Waals surface area contributed by atoms with Crippen molar-refractivity contribution in [2.45, 2.75) is 34.6 Å². The first-order valence-corrected chi connectivity index (χ1v) is 14.4. The van der Waals surface area contributed by atoms with Crippen molar-refractivity contribution in [2.75, 3.05) is 91.9 Å². The molecule has 0 radical (unpaired) electrons. The predicted octanol–water partition coefficient (Wildman–Crippen LogP) is 1.38. The van der Waals surface area contributed by atoms with Gasteiger partial charge in [0.25, 0.3) is 0 Å². The molecule has 0 N–H and O–H groups in total. The van der Waals surface area contributed by atoms with Crippen LogP contribution in [0.1, 0.15) is 34.6 Å². The van der Waals surface area contributed by atoms with E-state index in [4.69, 9.17) is 23.7 Å². The van der Waals surface area contributed by atoms with Crippen molar-refractivity contribution in [1.82, 2.24) is 14.7 Å².